The molecule has 0 aliphatic carbocycles. The van der Waals surface area contributed by atoms with Gasteiger partial charge in [-0.25, -0.2) is 19.3 Å². The number of aryl methyl sites for hydroxylation is 1. The molecule has 0 fully saturated rings. The summed E-state index contributed by atoms with van der Waals surface area (Å²) in [7, 11) is 0. The molecule has 5 aromatic rings. The third-order valence-corrected chi connectivity index (χ3v) is 6.07. The van der Waals surface area contributed by atoms with Gasteiger partial charge in [-0.2, -0.15) is 0 Å². The maximum absolute atomic E-state index is 14.1. The van der Waals surface area contributed by atoms with E-state index in [9.17, 15) is 9.18 Å². The molecule has 0 atom stereocenters. The molecule has 32 heavy (non-hydrogen) atoms. The van der Waals surface area contributed by atoms with Crippen molar-refractivity contribution < 1.29 is 4.39 Å². The molecule has 2 aromatic carbocycles. The lowest BCUT2D eigenvalue weighted by atomic mass is 10.0. The lowest BCUT2D eigenvalue weighted by Crippen LogP contribution is -2.15. The van der Waals surface area contributed by atoms with E-state index in [0.29, 0.717) is 16.6 Å². The average molecular weight is 423 g/mol. The summed E-state index contributed by atoms with van der Waals surface area (Å²) in [6, 6.07) is 12.8. The van der Waals surface area contributed by atoms with Crippen molar-refractivity contribution in [2.24, 2.45) is 0 Å². The van der Waals surface area contributed by atoms with Crippen molar-refractivity contribution in [3.05, 3.63) is 88.4 Å². The lowest BCUT2D eigenvalue weighted by Gasteiger charge is -2.20. The maximum atomic E-state index is 14.1. The molecule has 6 rings (SSSR count). The molecule has 6 nitrogen and oxygen atoms in total. The van der Waals surface area contributed by atoms with Crippen LogP contribution in [0, 0.1) is 12.7 Å². The molecule has 1 aliphatic rings. The number of pyridine rings is 2. The molecule has 1 aliphatic heterocycles. The van der Waals surface area contributed by atoms with Crippen LogP contribution in [0.2, 0.25) is 0 Å². The first-order valence-electron chi connectivity index (χ1n) is 10.4. The van der Waals surface area contributed by atoms with Gasteiger partial charge in [0.15, 0.2) is 5.43 Å². The van der Waals surface area contributed by atoms with Crippen LogP contribution < -0.4 is 10.3 Å². The number of aromatic amines is 1. The SMILES string of the molecule is Cc1cc2c(cc1F)CCN2c1ncnc2ccc(-c3cnc4[nH]ccc(=O)c4c3)cc12. The van der Waals surface area contributed by atoms with E-state index in [4.69, 9.17) is 0 Å². The van der Waals surface area contributed by atoms with Gasteiger partial charge in [0.05, 0.1) is 10.9 Å². The topological polar surface area (TPSA) is 74.8 Å². The second kappa shape index (κ2) is 6.95. The van der Waals surface area contributed by atoms with E-state index < -0.39 is 0 Å². The Hall–Kier alpha value is -4.13. The summed E-state index contributed by atoms with van der Waals surface area (Å²) in [6.45, 7) is 2.50. The van der Waals surface area contributed by atoms with E-state index in [0.717, 1.165) is 52.1 Å². The van der Waals surface area contributed by atoms with Gasteiger partial charge >= 0.3 is 0 Å². The van der Waals surface area contributed by atoms with Gasteiger partial charge in [-0.15, -0.1) is 0 Å². The molecule has 3 aromatic heterocycles. The highest BCUT2D eigenvalue weighted by Gasteiger charge is 2.24. The molecule has 0 spiro atoms. The van der Waals surface area contributed by atoms with Crippen LogP contribution in [-0.4, -0.2) is 26.5 Å². The van der Waals surface area contributed by atoms with Crippen molar-refractivity contribution in [2.75, 3.05) is 11.4 Å². The zero-order valence-corrected chi connectivity index (χ0v) is 17.3. The van der Waals surface area contributed by atoms with Crippen LogP contribution in [0.3, 0.4) is 0 Å². The smallest absolute Gasteiger partial charge is 0.191 e. The van der Waals surface area contributed by atoms with Gasteiger partial charge in [0.1, 0.15) is 23.6 Å². The Bertz CT molecular complexity index is 1590. The summed E-state index contributed by atoms with van der Waals surface area (Å²) < 4.78 is 14.1. The summed E-state index contributed by atoms with van der Waals surface area (Å²) in [5.74, 6) is 0.604. The molecule has 0 saturated carbocycles. The third kappa shape index (κ3) is 2.85. The van der Waals surface area contributed by atoms with Gasteiger partial charge in [-0.05, 0) is 60.4 Å². The number of H-pyrrole nitrogens is 1. The highest BCUT2D eigenvalue weighted by atomic mass is 19.1. The standard InChI is InChI=1S/C25H18FN5O/c1-14-8-22-16(11-20(14)26)5-7-31(22)25-18-9-15(2-3-21(18)29-13-30-25)17-10-19-23(32)4-6-27-24(19)28-12-17/h2-4,6,8-13H,5,7H2,1H3,(H,27,28,32). The van der Waals surface area contributed by atoms with Crippen LogP contribution in [0.25, 0.3) is 33.1 Å². The van der Waals surface area contributed by atoms with E-state index >= 15 is 0 Å². The number of halogens is 1. The number of aromatic nitrogens is 4. The van der Waals surface area contributed by atoms with E-state index in [2.05, 4.69) is 24.8 Å². The van der Waals surface area contributed by atoms with Gasteiger partial charge < -0.3 is 9.88 Å². The molecule has 0 unspecified atom stereocenters. The van der Waals surface area contributed by atoms with Gasteiger partial charge in [-0.3, -0.25) is 4.79 Å². The number of hydrogen-bond donors (Lipinski definition) is 1. The Morgan fingerprint density at radius 3 is 2.78 bits per heavy atom. The summed E-state index contributed by atoms with van der Waals surface area (Å²) in [5, 5.41) is 1.43. The highest BCUT2D eigenvalue weighted by Crippen LogP contribution is 2.38. The number of nitrogens with zero attached hydrogens (tertiary/aromatic N) is 4. The molecule has 4 heterocycles. The van der Waals surface area contributed by atoms with Crippen LogP contribution in [0.5, 0.6) is 0 Å². The first kappa shape index (κ1) is 18.6. The Morgan fingerprint density at radius 2 is 1.88 bits per heavy atom. The van der Waals surface area contributed by atoms with E-state index in [-0.39, 0.29) is 11.2 Å². The number of rotatable bonds is 2. The fourth-order valence-electron chi connectivity index (χ4n) is 4.38. The summed E-state index contributed by atoms with van der Waals surface area (Å²) in [6.07, 6.45) is 5.66. The Balaban J connectivity index is 1.51. The zero-order chi connectivity index (χ0) is 21.8. The van der Waals surface area contributed by atoms with Crippen molar-refractivity contribution >= 4 is 33.4 Å². The van der Waals surface area contributed by atoms with Gasteiger partial charge in [-0.1, -0.05) is 6.07 Å². The van der Waals surface area contributed by atoms with E-state index in [1.807, 2.05) is 30.3 Å². The number of nitrogens with one attached hydrogen (secondary N) is 1. The maximum Gasteiger partial charge on any atom is 0.191 e. The van der Waals surface area contributed by atoms with E-state index in [1.165, 1.54) is 6.07 Å². The van der Waals surface area contributed by atoms with Crippen LogP contribution >= 0.6 is 0 Å². The minimum Gasteiger partial charge on any atom is -0.346 e. The Kier molecular flexibility index (Phi) is 4.04. The first-order chi connectivity index (χ1) is 15.6. The van der Waals surface area contributed by atoms with Crippen molar-refractivity contribution in [1.82, 2.24) is 19.9 Å². The quantitative estimate of drug-likeness (QED) is 0.446. The van der Waals surface area contributed by atoms with Crippen LogP contribution in [0.4, 0.5) is 15.9 Å². The van der Waals surface area contributed by atoms with Crippen molar-refractivity contribution in [3.63, 3.8) is 0 Å². The van der Waals surface area contributed by atoms with Crippen LogP contribution in [0.1, 0.15) is 11.1 Å². The van der Waals surface area contributed by atoms with Gasteiger partial charge in [0.25, 0.3) is 0 Å². The molecule has 7 heteroatoms. The Labute approximate surface area is 182 Å². The second-order valence-corrected chi connectivity index (χ2v) is 8.02. The molecule has 0 saturated heterocycles. The minimum atomic E-state index is -0.181. The molecule has 0 bridgehead atoms. The molecular weight excluding hydrogens is 405 g/mol. The van der Waals surface area contributed by atoms with E-state index in [1.54, 1.807) is 31.7 Å². The van der Waals surface area contributed by atoms with Crippen molar-refractivity contribution in [1.29, 1.82) is 0 Å². The van der Waals surface area contributed by atoms with Crippen molar-refractivity contribution in [2.45, 2.75) is 13.3 Å². The predicted octanol–water partition coefficient (Wildman–Crippen LogP) is 4.68. The van der Waals surface area contributed by atoms with Crippen LogP contribution in [0.15, 0.2) is 66.0 Å². The summed E-state index contributed by atoms with van der Waals surface area (Å²) >= 11 is 0. The highest BCUT2D eigenvalue weighted by molar-refractivity contribution is 5.95. The Morgan fingerprint density at radius 1 is 1.00 bits per heavy atom. The zero-order valence-electron chi connectivity index (χ0n) is 17.3. The van der Waals surface area contributed by atoms with Gasteiger partial charge in [0.2, 0.25) is 0 Å². The van der Waals surface area contributed by atoms with Crippen LogP contribution in [-0.2, 0) is 6.42 Å². The summed E-state index contributed by atoms with van der Waals surface area (Å²) in [4.78, 5) is 30.8. The second-order valence-electron chi connectivity index (χ2n) is 8.02. The molecule has 156 valence electrons. The fraction of sp³-hybridized carbons (Fsp3) is 0.120. The van der Waals surface area contributed by atoms with Gasteiger partial charge in [0, 0.05) is 41.6 Å². The monoisotopic (exact) mass is 423 g/mol. The minimum absolute atomic E-state index is 0.0748. The normalized spacial score (nSPS) is 13.1. The molecular formula is C25H18FN5O. The predicted molar refractivity (Wildman–Crippen MR) is 123 cm³/mol. The fourth-order valence-corrected chi connectivity index (χ4v) is 4.38. The molecule has 0 amide bonds. The first-order valence-corrected chi connectivity index (χ1v) is 10.4. The number of hydrogen-bond acceptors (Lipinski definition) is 5. The lowest BCUT2D eigenvalue weighted by molar-refractivity contribution is 0.617. The third-order valence-electron chi connectivity index (χ3n) is 6.07. The number of anilines is 2. The number of benzene rings is 2. The molecule has 0 radical (unpaired) electrons. The largest absolute Gasteiger partial charge is 0.346 e. The molecule has 1 N–H and O–H groups in total. The summed E-state index contributed by atoms with van der Waals surface area (Å²) in [5.41, 5.74) is 5.63. The van der Waals surface area contributed by atoms with Crippen molar-refractivity contribution in [3.8, 4) is 11.1 Å². The average Bonchev–Trinajstić information content (AvgIpc) is 3.21. The number of fused-ring (bicyclic) bond motifs is 3.